The van der Waals surface area contributed by atoms with E-state index in [1.54, 1.807) is 11.3 Å². The van der Waals surface area contributed by atoms with Crippen molar-refractivity contribution in [3.05, 3.63) is 34.2 Å². The summed E-state index contributed by atoms with van der Waals surface area (Å²) in [6, 6.07) is 6.08. The second kappa shape index (κ2) is 3.89. The normalized spacial score (nSPS) is 11.1. The Kier molecular flexibility index (Phi) is 2.77. The van der Waals surface area contributed by atoms with Gasteiger partial charge in [0.2, 0.25) is 0 Å². The molecule has 3 heteroatoms. The summed E-state index contributed by atoms with van der Waals surface area (Å²) >= 11 is 7.57. The van der Waals surface area contributed by atoms with E-state index in [1.165, 1.54) is 15.0 Å². The van der Waals surface area contributed by atoms with E-state index in [1.807, 2.05) is 12.1 Å². The lowest BCUT2D eigenvalue weighted by Crippen LogP contribution is -1.85. The molecule has 0 saturated heterocycles. The molecule has 0 atom stereocenters. The molecular weight excluding hydrogens is 216 g/mol. The van der Waals surface area contributed by atoms with Crippen LogP contribution in [0.25, 0.3) is 10.1 Å². The Balaban J connectivity index is 2.77. The second-order valence-corrected chi connectivity index (χ2v) is 4.80. The van der Waals surface area contributed by atoms with E-state index in [9.17, 15) is 5.11 Å². The maximum absolute atomic E-state index is 9.18. The molecule has 0 aliphatic carbocycles. The van der Waals surface area contributed by atoms with Gasteiger partial charge >= 0.3 is 0 Å². The highest BCUT2D eigenvalue weighted by Gasteiger charge is 2.07. The Morgan fingerprint density at radius 1 is 1.36 bits per heavy atom. The number of halogens is 1. The quantitative estimate of drug-likeness (QED) is 0.778. The Morgan fingerprint density at radius 3 is 2.71 bits per heavy atom. The van der Waals surface area contributed by atoms with Crippen LogP contribution in [-0.4, -0.2) is 5.11 Å². The van der Waals surface area contributed by atoms with E-state index < -0.39 is 0 Å². The zero-order valence-electron chi connectivity index (χ0n) is 7.88. The van der Waals surface area contributed by atoms with Gasteiger partial charge in [0.15, 0.2) is 0 Å². The molecule has 74 valence electrons. The molecule has 0 spiro atoms. The minimum absolute atomic E-state index is 0.0962. The van der Waals surface area contributed by atoms with Crippen LogP contribution >= 0.6 is 22.9 Å². The molecular formula is C11H11ClOS. The summed E-state index contributed by atoms with van der Waals surface area (Å²) in [5.41, 5.74) is 2.13. The SMILES string of the molecule is Cc1cc2c(CCl)ccc(CO)c2s1. The third kappa shape index (κ3) is 1.54. The van der Waals surface area contributed by atoms with Crippen LogP contribution in [0.2, 0.25) is 0 Å². The highest BCUT2D eigenvalue weighted by molar-refractivity contribution is 7.19. The maximum atomic E-state index is 9.18. The van der Waals surface area contributed by atoms with Crippen molar-refractivity contribution in [3.8, 4) is 0 Å². The van der Waals surface area contributed by atoms with E-state index in [0.29, 0.717) is 5.88 Å². The fourth-order valence-electron chi connectivity index (χ4n) is 1.60. The summed E-state index contributed by atoms with van der Waals surface area (Å²) in [5.74, 6) is 0.526. The topological polar surface area (TPSA) is 20.2 Å². The van der Waals surface area contributed by atoms with Crippen molar-refractivity contribution >= 4 is 33.0 Å². The summed E-state index contributed by atoms with van der Waals surface area (Å²) in [4.78, 5) is 1.26. The predicted molar refractivity (Wildman–Crippen MR) is 62.0 cm³/mol. The van der Waals surface area contributed by atoms with Crippen LogP contribution in [0.5, 0.6) is 0 Å². The summed E-state index contributed by atoms with van der Waals surface area (Å²) < 4.78 is 1.17. The van der Waals surface area contributed by atoms with Gasteiger partial charge in [-0.3, -0.25) is 0 Å². The molecule has 0 bridgehead atoms. The second-order valence-electron chi connectivity index (χ2n) is 3.28. The molecule has 0 unspecified atom stereocenters. The summed E-state index contributed by atoms with van der Waals surface area (Å²) in [7, 11) is 0. The number of hydrogen-bond donors (Lipinski definition) is 1. The molecule has 2 rings (SSSR count). The fraction of sp³-hybridized carbons (Fsp3) is 0.273. The molecule has 1 N–H and O–H groups in total. The maximum Gasteiger partial charge on any atom is 0.0695 e. The highest BCUT2D eigenvalue weighted by atomic mass is 35.5. The number of hydrogen-bond acceptors (Lipinski definition) is 2. The first-order valence-electron chi connectivity index (χ1n) is 4.44. The fourth-order valence-corrected chi connectivity index (χ4v) is 2.89. The van der Waals surface area contributed by atoms with E-state index in [0.717, 1.165) is 11.1 Å². The summed E-state index contributed by atoms with van der Waals surface area (Å²) in [5, 5.41) is 10.4. The molecule has 0 aliphatic rings. The minimum Gasteiger partial charge on any atom is -0.392 e. The number of benzene rings is 1. The molecule has 1 nitrogen and oxygen atoms in total. The summed E-state index contributed by atoms with van der Waals surface area (Å²) in [6.07, 6.45) is 0. The Morgan fingerprint density at radius 2 is 2.07 bits per heavy atom. The third-order valence-electron chi connectivity index (χ3n) is 2.29. The number of aliphatic hydroxyl groups is 1. The lowest BCUT2D eigenvalue weighted by Gasteiger charge is -2.02. The molecule has 2 aromatic rings. The molecule has 14 heavy (non-hydrogen) atoms. The van der Waals surface area contributed by atoms with Gasteiger partial charge < -0.3 is 5.11 Å². The number of fused-ring (bicyclic) bond motifs is 1. The van der Waals surface area contributed by atoms with Crippen LogP contribution in [0.3, 0.4) is 0 Å². The first kappa shape index (κ1) is 9.97. The van der Waals surface area contributed by atoms with Crippen molar-refractivity contribution in [2.45, 2.75) is 19.4 Å². The lowest BCUT2D eigenvalue weighted by molar-refractivity contribution is 0.283. The first-order valence-corrected chi connectivity index (χ1v) is 5.79. The zero-order chi connectivity index (χ0) is 10.1. The number of alkyl halides is 1. The molecule has 0 aliphatic heterocycles. The minimum atomic E-state index is 0.0962. The van der Waals surface area contributed by atoms with Gasteiger partial charge in [-0.05, 0) is 29.5 Å². The van der Waals surface area contributed by atoms with Gasteiger partial charge in [0.1, 0.15) is 0 Å². The van der Waals surface area contributed by atoms with E-state index in [4.69, 9.17) is 11.6 Å². The molecule has 1 aromatic carbocycles. The van der Waals surface area contributed by atoms with Gasteiger partial charge in [-0.25, -0.2) is 0 Å². The lowest BCUT2D eigenvalue weighted by atomic mass is 10.1. The third-order valence-corrected chi connectivity index (χ3v) is 3.71. The smallest absolute Gasteiger partial charge is 0.0695 e. The molecule has 1 heterocycles. The van der Waals surface area contributed by atoms with E-state index in [-0.39, 0.29) is 6.61 Å². The van der Waals surface area contributed by atoms with Gasteiger partial charge in [-0.2, -0.15) is 0 Å². The van der Waals surface area contributed by atoms with Crippen LogP contribution in [0.1, 0.15) is 16.0 Å². The van der Waals surface area contributed by atoms with E-state index in [2.05, 4.69) is 13.0 Å². The summed E-state index contributed by atoms with van der Waals surface area (Å²) in [6.45, 7) is 2.17. The van der Waals surface area contributed by atoms with Crippen molar-refractivity contribution < 1.29 is 5.11 Å². The molecule has 0 amide bonds. The van der Waals surface area contributed by atoms with Crippen molar-refractivity contribution in [1.29, 1.82) is 0 Å². The average Bonchev–Trinajstić information content (AvgIpc) is 2.57. The van der Waals surface area contributed by atoms with Crippen LogP contribution in [0, 0.1) is 6.92 Å². The molecule has 1 aromatic heterocycles. The average molecular weight is 227 g/mol. The van der Waals surface area contributed by atoms with Gasteiger partial charge in [0, 0.05) is 15.5 Å². The monoisotopic (exact) mass is 226 g/mol. The predicted octanol–water partition coefficient (Wildman–Crippen LogP) is 3.44. The molecule has 0 radical (unpaired) electrons. The van der Waals surface area contributed by atoms with Crippen molar-refractivity contribution in [2.24, 2.45) is 0 Å². The Hall–Kier alpha value is -0.570. The molecule has 0 fully saturated rings. The van der Waals surface area contributed by atoms with Gasteiger partial charge in [0.05, 0.1) is 6.61 Å². The van der Waals surface area contributed by atoms with E-state index >= 15 is 0 Å². The van der Waals surface area contributed by atoms with Crippen LogP contribution < -0.4 is 0 Å². The van der Waals surface area contributed by atoms with Crippen LogP contribution in [-0.2, 0) is 12.5 Å². The van der Waals surface area contributed by atoms with Gasteiger partial charge in [0.25, 0.3) is 0 Å². The zero-order valence-corrected chi connectivity index (χ0v) is 9.45. The standard InChI is InChI=1S/C11H11ClOS/c1-7-4-10-8(5-12)2-3-9(6-13)11(10)14-7/h2-4,13H,5-6H2,1H3. The number of rotatable bonds is 2. The number of aliphatic hydroxyl groups excluding tert-OH is 1. The van der Waals surface area contributed by atoms with Crippen molar-refractivity contribution in [1.82, 2.24) is 0 Å². The Bertz CT molecular complexity index is 421. The van der Waals surface area contributed by atoms with Crippen molar-refractivity contribution in [2.75, 3.05) is 0 Å². The van der Waals surface area contributed by atoms with Crippen LogP contribution in [0.15, 0.2) is 18.2 Å². The van der Waals surface area contributed by atoms with Crippen LogP contribution in [0.4, 0.5) is 0 Å². The van der Waals surface area contributed by atoms with Crippen molar-refractivity contribution in [3.63, 3.8) is 0 Å². The number of thiophene rings is 1. The first-order chi connectivity index (χ1) is 6.76. The molecule has 0 saturated carbocycles. The van der Waals surface area contributed by atoms with Gasteiger partial charge in [-0.1, -0.05) is 12.1 Å². The Labute approximate surface area is 91.9 Å². The highest BCUT2D eigenvalue weighted by Crippen LogP contribution is 2.31. The largest absolute Gasteiger partial charge is 0.392 e. The number of aryl methyl sites for hydroxylation is 1. The van der Waals surface area contributed by atoms with Gasteiger partial charge in [-0.15, -0.1) is 22.9 Å².